The lowest BCUT2D eigenvalue weighted by atomic mass is 10.1. The van der Waals surface area contributed by atoms with Gasteiger partial charge in [-0.05, 0) is 58.7 Å². The molecule has 0 aromatic heterocycles. The van der Waals surface area contributed by atoms with Gasteiger partial charge in [0, 0.05) is 5.56 Å². The smallest absolute Gasteiger partial charge is 0.251 e. The first-order valence-corrected chi connectivity index (χ1v) is 7.06. The molecule has 0 aliphatic carbocycles. The molecule has 0 aliphatic heterocycles. The highest BCUT2D eigenvalue weighted by molar-refractivity contribution is 9.10. The van der Waals surface area contributed by atoms with Crippen LogP contribution in [-0.2, 0) is 0 Å². The van der Waals surface area contributed by atoms with E-state index in [0.29, 0.717) is 10.0 Å². The van der Waals surface area contributed by atoms with Gasteiger partial charge >= 0.3 is 0 Å². The van der Waals surface area contributed by atoms with Crippen LogP contribution in [-0.4, -0.2) is 5.91 Å². The molecule has 5 heteroatoms. The van der Waals surface area contributed by atoms with E-state index in [9.17, 15) is 9.18 Å². The van der Waals surface area contributed by atoms with Gasteiger partial charge in [0.1, 0.15) is 5.82 Å². The van der Waals surface area contributed by atoms with Gasteiger partial charge in [0.15, 0.2) is 0 Å². The van der Waals surface area contributed by atoms with Crippen molar-refractivity contribution in [1.82, 2.24) is 5.32 Å². The number of rotatable bonds is 3. The van der Waals surface area contributed by atoms with Gasteiger partial charge in [-0.1, -0.05) is 12.1 Å². The summed E-state index contributed by atoms with van der Waals surface area (Å²) in [6.07, 6.45) is 0. The van der Waals surface area contributed by atoms with Gasteiger partial charge in [-0.2, -0.15) is 5.26 Å². The van der Waals surface area contributed by atoms with Crippen LogP contribution in [0.25, 0.3) is 0 Å². The standard InChI is InChI=1S/C16H12BrFN2O/c1-10(12-4-2-11(9-19)3-5-12)20-16(21)13-6-7-14(17)15(18)8-13/h2-8,10H,1H3,(H,20,21). The molecule has 0 fully saturated rings. The summed E-state index contributed by atoms with van der Waals surface area (Å²) in [5.74, 6) is -0.827. The van der Waals surface area contributed by atoms with Gasteiger partial charge in [-0.15, -0.1) is 0 Å². The second kappa shape index (κ2) is 6.51. The van der Waals surface area contributed by atoms with Gasteiger partial charge in [0.25, 0.3) is 5.91 Å². The number of carbonyl (C=O) groups excluding carboxylic acids is 1. The van der Waals surface area contributed by atoms with Crippen LogP contribution in [0.15, 0.2) is 46.9 Å². The molecule has 1 N–H and O–H groups in total. The van der Waals surface area contributed by atoms with Crippen molar-refractivity contribution in [2.24, 2.45) is 0 Å². The monoisotopic (exact) mass is 346 g/mol. The fourth-order valence-corrected chi connectivity index (χ4v) is 2.09. The molecule has 0 saturated carbocycles. The van der Waals surface area contributed by atoms with Crippen LogP contribution < -0.4 is 5.32 Å². The minimum Gasteiger partial charge on any atom is -0.346 e. The molecule has 2 aromatic rings. The Bertz CT molecular complexity index is 707. The molecule has 0 saturated heterocycles. The van der Waals surface area contributed by atoms with Crippen LogP contribution in [0.1, 0.15) is 34.5 Å². The van der Waals surface area contributed by atoms with E-state index in [4.69, 9.17) is 5.26 Å². The molecule has 2 aromatic carbocycles. The molecule has 0 bridgehead atoms. The largest absolute Gasteiger partial charge is 0.346 e. The molecule has 3 nitrogen and oxygen atoms in total. The van der Waals surface area contributed by atoms with Crippen molar-refractivity contribution in [3.63, 3.8) is 0 Å². The van der Waals surface area contributed by atoms with Crippen molar-refractivity contribution in [1.29, 1.82) is 5.26 Å². The summed E-state index contributed by atoms with van der Waals surface area (Å²) < 4.78 is 13.7. The fourth-order valence-electron chi connectivity index (χ4n) is 1.85. The second-order valence-electron chi connectivity index (χ2n) is 4.56. The zero-order valence-electron chi connectivity index (χ0n) is 11.2. The third kappa shape index (κ3) is 3.67. The molecule has 0 spiro atoms. The van der Waals surface area contributed by atoms with Crippen LogP contribution >= 0.6 is 15.9 Å². The number of nitrogens with one attached hydrogen (secondary N) is 1. The summed E-state index contributed by atoms with van der Waals surface area (Å²) in [6.45, 7) is 1.83. The number of benzene rings is 2. The van der Waals surface area contributed by atoms with Gasteiger partial charge in [-0.25, -0.2) is 4.39 Å². The maximum Gasteiger partial charge on any atom is 0.251 e. The van der Waals surface area contributed by atoms with Crippen molar-refractivity contribution >= 4 is 21.8 Å². The van der Waals surface area contributed by atoms with Crippen molar-refractivity contribution in [3.8, 4) is 6.07 Å². The second-order valence-corrected chi connectivity index (χ2v) is 5.41. The van der Waals surface area contributed by atoms with E-state index < -0.39 is 5.82 Å². The lowest BCUT2D eigenvalue weighted by Crippen LogP contribution is -2.26. The lowest BCUT2D eigenvalue weighted by molar-refractivity contribution is 0.0939. The molecule has 1 amide bonds. The summed E-state index contributed by atoms with van der Waals surface area (Å²) in [6, 6.07) is 13.0. The van der Waals surface area contributed by atoms with Crippen molar-refractivity contribution < 1.29 is 9.18 Å². The maximum atomic E-state index is 13.4. The van der Waals surface area contributed by atoms with Crippen molar-refractivity contribution in [2.75, 3.05) is 0 Å². The van der Waals surface area contributed by atoms with Gasteiger partial charge in [-0.3, -0.25) is 4.79 Å². The number of nitriles is 1. The van der Waals surface area contributed by atoms with Crippen LogP contribution in [0.2, 0.25) is 0 Å². The zero-order valence-corrected chi connectivity index (χ0v) is 12.8. The highest BCUT2D eigenvalue weighted by Crippen LogP contribution is 2.18. The highest BCUT2D eigenvalue weighted by atomic mass is 79.9. The number of carbonyl (C=O) groups is 1. The quantitative estimate of drug-likeness (QED) is 0.914. The van der Waals surface area contributed by atoms with Gasteiger partial charge in [0.2, 0.25) is 0 Å². The van der Waals surface area contributed by atoms with Crippen molar-refractivity contribution in [3.05, 3.63) is 69.4 Å². The maximum absolute atomic E-state index is 13.4. The summed E-state index contributed by atoms with van der Waals surface area (Å²) in [5.41, 5.74) is 1.70. The third-order valence-electron chi connectivity index (χ3n) is 3.07. The van der Waals surface area contributed by atoms with E-state index >= 15 is 0 Å². The molecule has 106 valence electrons. The Hall–Kier alpha value is -2.19. The van der Waals surface area contributed by atoms with Crippen LogP contribution in [0.3, 0.4) is 0 Å². The Morgan fingerprint density at radius 1 is 1.29 bits per heavy atom. The summed E-state index contributed by atoms with van der Waals surface area (Å²) in [5, 5.41) is 11.5. The van der Waals surface area contributed by atoms with E-state index in [1.807, 2.05) is 13.0 Å². The van der Waals surface area contributed by atoms with E-state index in [1.54, 1.807) is 30.3 Å². The van der Waals surface area contributed by atoms with Crippen LogP contribution in [0.4, 0.5) is 4.39 Å². The fraction of sp³-hybridized carbons (Fsp3) is 0.125. The van der Waals surface area contributed by atoms with Crippen molar-refractivity contribution in [2.45, 2.75) is 13.0 Å². The molecular weight excluding hydrogens is 335 g/mol. The number of hydrogen-bond acceptors (Lipinski definition) is 2. The Morgan fingerprint density at radius 2 is 1.95 bits per heavy atom. The van der Waals surface area contributed by atoms with Crippen LogP contribution in [0, 0.1) is 17.1 Å². The Balaban J connectivity index is 2.10. The predicted octanol–water partition coefficient (Wildman–Crippen LogP) is 3.95. The summed E-state index contributed by atoms with van der Waals surface area (Å²) in [7, 11) is 0. The van der Waals surface area contributed by atoms with Crippen LogP contribution in [0.5, 0.6) is 0 Å². The first-order valence-electron chi connectivity index (χ1n) is 6.27. The molecule has 21 heavy (non-hydrogen) atoms. The van der Waals surface area contributed by atoms with Gasteiger partial charge in [0.05, 0.1) is 22.1 Å². The SMILES string of the molecule is CC(NC(=O)c1ccc(Br)c(F)c1)c1ccc(C#N)cc1. The number of amides is 1. The normalized spacial score (nSPS) is 11.5. The predicted molar refractivity (Wildman–Crippen MR) is 81.1 cm³/mol. The van der Waals surface area contributed by atoms with E-state index in [1.165, 1.54) is 12.1 Å². The first-order chi connectivity index (χ1) is 10.0. The summed E-state index contributed by atoms with van der Waals surface area (Å²) >= 11 is 3.05. The Kier molecular flexibility index (Phi) is 4.71. The number of nitrogens with zero attached hydrogens (tertiary/aromatic N) is 1. The average Bonchev–Trinajstić information content (AvgIpc) is 2.50. The Labute approximate surface area is 130 Å². The lowest BCUT2D eigenvalue weighted by Gasteiger charge is -2.14. The van der Waals surface area contributed by atoms with E-state index in [2.05, 4.69) is 21.2 Å². The molecule has 0 aliphatic rings. The molecule has 1 unspecified atom stereocenters. The Morgan fingerprint density at radius 3 is 2.52 bits per heavy atom. The molecule has 2 rings (SSSR count). The van der Waals surface area contributed by atoms with Gasteiger partial charge < -0.3 is 5.32 Å². The number of halogens is 2. The average molecular weight is 347 g/mol. The molecule has 0 radical (unpaired) electrons. The topological polar surface area (TPSA) is 52.9 Å². The zero-order chi connectivity index (χ0) is 15.4. The minimum atomic E-state index is -0.478. The molecule has 1 atom stereocenters. The number of hydrogen-bond donors (Lipinski definition) is 1. The summed E-state index contributed by atoms with van der Waals surface area (Å²) in [4.78, 5) is 12.1. The van der Waals surface area contributed by atoms with E-state index in [-0.39, 0.29) is 17.5 Å². The molecular formula is C16H12BrFN2O. The first kappa shape index (κ1) is 15.2. The molecule has 0 heterocycles. The highest BCUT2D eigenvalue weighted by Gasteiger charge is 2.13. The minimum absolute atomic E-state index is 0.239. The van der Waals surface area contributed by atoms with E-state index in [0.717, 1.165) is 5.56 Å². The third-order valence-corrected chi connectivity index (χ3v) is 3.71.